The fraction of sp³-hybridized carbons (Fsp3) is 0.700. The number of nitrogens with zero attached hydrogens (tertiary/aromatic N) is 1. The van der Waals surface area contributed by atoms with Crippen LogP contribution >= 0.6 is 0 Å². The minimum atomic E-state index is -0.0810. The predicted octanol–water partition coefficient (Wildman–Crippen LogP) is 2.80. The fourth-order valence-electron chi connectivity index (χ4n) is 3.87. The Balaban J connectivity index is 1.32. The van der Waals surface area contributed by atoms with E-state index in [2.05, 4.69) is 34.5 Å². The van der Waals surface area contributed by atoms with Gasteiger partial charge in [-0.25, -0.2) is 0 Å². The third-order valence-electron chi connectivity index (χ3n) is 5.32. The van der Waals surface area contributed by atoms with Crippen LogP contribution in [-0.4, -0.2) is 48.9 Å². The van der Waals surface area contributed by atoms with Crippen molar-refractivity contribution in [1.29, 1.82) is 0 Å². The Labute approximate surface area is 146 Å². The highest BCUT2D eigenvalue weighted by atomic mass is 16.5. The number of ether oxygens (including phenoxy) is 1. The number of hydrogen-bond donors (Lipinski definition) is 2. The van der Waals surface area contributed by atoms with E-state index in [1.54, 1.807) is 0 Å². The number of hydrogen-bond acceptors (Lipinski definition) is 4. The smallest absolute Gasteiger partial charge is 0.119 e. The quantitative estimate of drug-likeness (QED) is 0.768. The molecule has 2 N–H and O–H groups in total. The van der Waals surface area contributed by atoms with Gasteiger partial charge in [-0.15, -0.1) is 0 Å². The van der Waals surface area contributed by atoms with Crippen molar-refractivity contribution in [2.24, 2.45) is 5.92 Å². The Morgan fingerprint density at radius 1 is 1.08 bits per heavy atom. The summed E-state index contributed by atoms with van der Waals surface area (Å²) in [5, 5.41) is 13.3. The summed E-state index contributed by atoms with van der Waals surface area (Å²) in [4.78, 5) is 2.47. The summed E-state index contributed by atoms with van der Waals surface area (Å²) >= 11 is 0. The van der Waals surface area contributed by atoms with Gasteiger partial charge in [0.1, 0.15) is 12.4 Å². The van der Waals surface area contributed by atoms with Crippen molar-refractivity contribution in [2.45, 2.75) is 51.2 Å². The first-order chi connectivity index (χ1) is 11.8. The first-order valence-electron chi connectivity index (χ1n) is 9.62. The van der Waals surface area contributed by atoms with Crippen molar-refractivity contribution in [3.8, 4) is 5.75 Å². The highest BCUT2D eigenvalue weighted by Crippen LogP contribution is 2.23. The third kappa shape index (κ3) is 5.76. The molecule has 3 rings (SSSR count). The lowest BCUT2D eigenvalue weighted by atomic mass is 9.87. The zero-order valence-electron chi connectivity index (χ0n) is 14.8. The standard InChI is InChI=1S/C20H32N2O2/c23-19-5-3-4-18(14-19)16-21-15-17-6-8-20(9-7-17)24-13-12-22-10-1-2-11-22/h6-9,18-19,21,23H,1-5,10-16H2. The van der Waals surface area contributed by atoms with Crippen LogP contribution in [0.25, 0.3) is 0 Å². The third-order valence-corrected chi connectivity index (χ3v) is 5.32. The van der Waals surface area contributed by atoms with Crippen LogP contribution in [-0.2, 0) is 6.54 Å². The monoisotopic (exact) mass is 332 g/mol. The molecule has 0 spiro atoms. The molecule has 2 fully saturated rings. The average Bonchev–Trinajstić information content (AvgIpc) is 3.10. The highest BCUT2D eigenvalue weighted by molar-refractivity contribution is 5.27. The Morgan fingerprint density at radius 2 is 1.88 bits per heavy atom. The molecule has 2 aliphatic rings. The molecule has 0 amide bonds. The van der Waals surface area contributed by atoms with Crippen LogP contribution in [0.3, 0.4) is 0 Å². The Bertz CT molecular complexity index is 471. The summed E-state index contributed by atoms with van der Waals surface area (Å²) in [6, 6.07) is 8.44. The largest absolute Gasteiger partial charge is 0.492 e. The van der Waals surface area contributed by atoms with Crippen molar-refractivity contribution in [1.82, 2.24) is 10.2 Å². The molecule has 134 valence electrons. The summed E-state index contributed by atoms with van der Waals surface area (Å²) in [6.07, 6.45) is 6.93. The van der Waals surface area contributed by atoms with E-state index >= 15 is 0 Å². The maximum Gasteiger partial charge on any atom is 0.119 e. The van der Waals surface area contributed by atoms with Crippen LogP contribution in [0.1, 0.15) is 44.1 Å². The van der Waals surface area contributed by atoms with E-state index in [1.165, 1.54) is 37.9 Å². The Hall–Kier alpha value is -1.10. The van der Waals surface area contributed by atoms with Crippen molar-refractivity contribution >= 4 is 0 Å². The van der Waals surface area contributed by atoms with Crippen LogP contribution < -0.4 is 10.1 Å². The van der Waals surface area contributed by atoms with Gasteiger partial charge in [-0.05, 0) is 75.4 Å². The lowest BCUT2D eigenvalue weighted by Crippen LogP contribution is -2.28. The molecule has 1 aliphatic heterocycles. The van der Waals surface area contributed by atoms with Gasteiger partial charge < -0.3 is 15.2 Å². The molecule has 1 saturated heterocycles. The van der Waals surface area contributed by atoms with Gasteiger partial charge in [-0.2, -0.15) is 0 Å². The summed E-state index contributed by atoms with van der Waals surface area (Å²) < 4.78 is 5.84. The van der Waals surface area contributed by atoms with Crippen LogP contribution in [0.15, 0.2) is 24.3 Å². The molecule has 4 nitrogen and oxygen atoms in total. The molecular weight excluding hydrogens is 300 g/mol. The highest BCUT2D eigenvalue weighted by Gasteiger charge is 2.19. The second-order valence-electron chi connectivity index (χ2n) is 7.36. The molecule has 1 aliphatic carbocycles. The van der Waals surface area contributed by atoms with Crippen LogP contribution in [0.5, 0.6) is 5.75 Å². The molecule has 1 aromatic carbocycles. The predicted molar refractivity (Wildman–Crippen MR) is 97.3 cm³/mol. The zero-order chi connectivity index (χ0) is 16.6. The topological polar surface area (TPSA) is 44.7 Å². The van der Waals surface area contributed by atoms with Gasteiger partial charge in [0.05, 0.1) is 6.10 Å². The first kappa shape index (κ1) is 17.7. The summed E-state index contributed by atoms with van der Waals surface area (Å²) in [5.74, 6) is 1.59. The van der Waals surface area contributed by atoms with Crippen LogP contribution in [0.4, 0.5) is 0 Å². The number of benzene rings is 1. The molecule has 4 heteroatoms. The van der Waals surface area contributed by atoms with E-state index in [0.29, 0.717) is 5.92 Å². The van der Waals surface area contributed by atoms with Gasteiger partial charge in [-0.1, -0.05) is 18.6 Å². The van der Waals surface area contributed by atoms with E-state index in [4.69, 9.17) is 4.74 Å². The summed E-state index contributed by atoms with van der Waals surface area (Å²) in [5.41, 5.74) is 1.29. The second-order valence-corrected chi connectivity index (χ2v) is 7.36. The van der Waals surface area contributed by atoms with Crippen molar-refractivity contribution in [2.75, 3.05) is 32.8 Å². The minimum absolute atomic E-state index is 0.0810. The normalized spacial score (nSPS) is 25.0. The molecule has 2 atom stereocenters. The molecule has 1 aromatic rings. The van der Waals surface area contributed by atoms with Crippen molar-refractivity contribution in [3.05, 3.63) is 29.8 Å². The maximum absolute atomic E-state index is 9.72. The van der Waals surface area contributed by atoms with Crippen molar-refractivity contribution < 1.29 is 9.84 Å². The number of aliphatic hydroxyl groups excluding tert-OH is 1. The van der Waals surface area contributed by atoms with E-state index in [1.807, 2.05) is 0 Å². The number of nitrogens with one attached hydrogen (secondary N) is 1. The van der Waals surface area contributed by atoms with E-state index < -0.39 is 0 Å². The van der Waals surface area contributed by atoms with Gasteiger partial charge in [0.15, 0.2) is 0 Å². The second kappa shape index (κ2) is 9.40. The SMILES string of the molecule is OC1CCCC(CNCc2ccc(OCCN3CCCC3)cc2)C1. The lowest BCUT2D eigenvalue weighted by molar-refractivity contribution is 0.101. The number of rotatable bonds is 8. The van der Waals surface area contributed by atoms with Gasteiger partial charge in [0.2, 0.25) is 0 Å². The molecule has 0 bridgehead atoms. The minimum Gasteiger partial charge on any atom is -0.492 e. The summed E-state index contributed by atoms with van der Waals surface area (Å²) in [6.45, 7) is 6.17. The van der Waals surface area contributed by atoms with Gasteiger partial charge >= 0.3 is 0 Å². The molecule has 0 aromatic heterocycles. The molecule has 1 saturated carbocycles. The summed E-state index contributed by atoms with van der Waals surface area (Å²) in [7, 11) is 0. The molecular formula is C20H32N2O2. The van der Waals surface area contributed by atoms with Gasteiger partial charge in [0, 0.05) is 13.1 Å². The fourth-order valence-corrected chi connectivity index (χ4v) is 3.87. The Kier molecular flexibility index (Phi) is 6.94. The molecule has 0 radical (unpaired) electrons. The molecule has 24 heavy (non-hydrogen) atoms. The Morgan fingerprint density at radius 3 is 2.62 bits per heavy atom. The van der Waals surface area contributed by atoms with E-state index in [-0.39, 0.29) is 6.10 Å². The van der Waals surface area contributed by atoms with E-state index in [9.17, 15) is 5.11 Å². The van der Waals surface area contributed by atoms with E-state index in [0.717, 1.165) is 51.3 Å². The van der Waals surface area contributed by atoms with Crippen LogP contribution in [0, 0.1) is 5.92 Å². The van der Waals surface area contributed by atoms with Crippen LogP contribution in [0.2, 0.25) is 0 Å². The number of likely N-dealkylation sites (tertiary alicyclic amines) is 1. The zero-order valence-corrected chi connectivity index (χ0v) is 14.8. The average molecular weight is 332 g/mol. The van der Waals surface area contributed by atoms with Crippen molar-refractivity contribution in [3.63, 3.8) is 0 Å². The molecule has 1 heterocycles. The number of aliphatic hydroxyl groups is 1. The first-order valence-corrected chi connectivity index (χ1v) is 9.62. The van der Waals surface area contributed by atoms with Gasteiger partial charge in [-0.3, -0.25) is 4.90 Å². The lowest BCUT2D eigenvalue weighted by Gasteiger charge is -2.26. The maximum atomic E-state index is 9.72. The van der Waals surface area contributed by atoms with Gasteiger partial charge in [0.25, 0.3) is 0 Å². The molecule has 2 unspecified atom stereocenters.